The van der Waals surface area contributed by atoms with E-state index in [1.54, 1.807) is 34.6 Å². The molecule has 3 rings (SSSR count). The number of hydrogen-bond donors (Lipinski definition) is 3. The molecule has 0 fully saturated rings. The van der Waals surface area contributed by atoms with Gasteiger partial charge in [0.1, 0.15) is 5.69 Å². The number of aromatic nitrogens is 2. The number of rotatable bonds is 3. The van der Waals surface area contributed by atoms with Crippen LogP contribution in [-0.2, 0) is 7.05 Å². The van der Waals surface area contributed by atoms with Crippen LogP contribution >= 0.6 is 28.1 Å². The normalized spacial score (nSPS) is 10.4. The molecular formula is C19H18BrN5O2S. The van der Waals surface area contributed by atoms with E-state index in [2.05, 4.69) is 32.1 Å². The predicted octanol–water partition coefficient (Wildman–Crippen LogP) is 2.88. The van der Waals surface area contributed by atoms with Gasteiger partial charge in [0.25, 0.3) is 11.5 Å². The number of amides is 1. The third-order valence-corrected chi connectivity index (χ3v) is 4.87. The van der Waals surface area contributed by atoms with Crippen LogP contribution in [0.2, 0.25) is 0 Å². The minimum Gasteiger partial charge on any atom is -0.325 e. The first-order valence-electron chi connectivity index (χ1n) is 8.35. The summed E-state index contributed by atoms with van der Waals surface area (Å²) in [6.45, 7) is 1.81. The van der Waals surface area contributed by atoms with Gasteiger partial charge in [-0.1, -0.05) is 40.2 Å². The molecule has 0 spiro atoms. The van der Waals surface area contributed by atoms with Crippen molar-refractivity contribution in [3.05, 3.63) is 80.7 Å². The van der Waals surface area contributed by atoms with E-state index < -0.39 is 0 Å². The van der Waals surface area contributed by atoms with E-state index in [1.807, 2.05) is 43.3 Å². The van der Waals surface area contributed by atoms with Gasteiger partial charge in [0.15, 0.2) is 5.11 Å². The molecule has 0 unspecified atom stereocenters. The monoisotopic (exact) mass is 459 g/mol. The fourth-order valence-electron chi connectivity index (χ4n) is 2.67. The minimum atomic E-state index is -0.350. The molecule has 9 heteroatoms. The van der Waals surface area contributed by atoms with Crippen molar-refractivity contribution in [2.75, 3.05) is 5.32 Å². The Morgan fingerprint density at radius 1 is 1.07 bits per heavy atom. The van der Waals surface area contributed by atoms with Gasteiger partial charge in [-0.15, -0.1) is 0 Å². The molecule has 0 bridgehead atoms. The maximum Gasteiger partial charge on any atom is 0.295 e. The molecule has 2 aromatic carbocycles. The van der Waals surface area contributed by atoms with Gasteiger partial charge < -0.3 is 5.32 Å². The van der Waals surface area contributed by atoms with Crippen LogP contribution in [0.4, 0.5) is 5.69 Å². The van der Waals surface area contributed by atoms with E-state index in [4.69, 9.17) is 12.2 Å². The summed E-state index contributed by atoms with van der Waals surface area (Å²) < 4.78 is 4.07. The highest BCUT2D eigenvalue weighted by Crippen LogP contribution is 2.14. The van der Waals surface area contributed by atoms with Gasteiger partial charge in [-0.25, -0.2) is 4.68 Å². The van der Waals surface area contributed by atoms with Gasteiger partial charge in [-0.2, -0.15) is 0 Å². The fourth-order valence-corrected chi connectivity index (χ4v) is 3.22. The summed E-state index contributed by atoms with van der Waals surface area (Å²) in [6, 6.07) is 16.3. The van der Waals surface area contributed by atoms with Crippen LogP contribution in [0.1, 0.15) is 16.1 Å². The average Bonchev–Trinajstić information content (AvgIpc) is 2.90. The molecule has 0 saturated carbocycles. The standard InChI is InChI=1S/C19H18BrN5O2S/c1-12-16(18(27)25(24(12)2)15-9-4-3-5-10-15)21-19(28)23-22-17(26)13-7-6-8-14(20)11-13/h3-11H,1-2H3,(H,22,26)(H2,21,23,28). The maximum atomic E-state index is 12.8. The van der Waals surface area contributed by atoms with Crippen LogP contribution in [0.3, 0.4) is 0 Å². The second kappa shape index (κ2) is 8.41. The van der Waals surface area contributed by atoms with Crippen LogP contribution in [0.25, 0.3) is 5.69 Å². The molecule has 144 valence electrons. The molecule has 1 heterocycles. The second-order valence-corrected chi connectivity index (χ2v) is 7.30. The number of nitrogens with zero attached hydrogens (tertiary/aromatic N) is 2. The zero-order chi connectivity index (χ0) is 20.3. The molecule has 1 amide bonds. The summed E-state index contributed by atoms with van der Waals surface area (Å²) in [4.78, 5) is 25.0. The van der Waals surface area contributed by atoms with Crippen LogP contribution in [0, 0.1) is 6.92 Å². The Bertz CT molecular complexity index is 1090. The number of carbonyl (C=O) groups excluding carboxylic acids is 1. The summed E-state index contributed by atoms with van der Waals surface area (Å²) in [7, 11) is 1.79. The molecule has 28 heavy (non-hydrogen) atoms. The molecule has 0 aliphatic carbocycles. The molecule has 7 nitrogen and oxygen atoms in total. The molecule has 3 aromatic rings. The lowest BCUT2D eigenvalue weighted by Gasteiger charge is -2.11. The van der Waals surface area contributed by atoms with Gasteiger partial charge in [-0.3, -0.25) is 25.1 Å². The van der Waals surface area contributed by atoms with Gasteiger partial charge in [-0.05, 0) is 49.5 Å². The zero-order valence-corrected chi connectivity index (χ0v) is 17.6. The molecule has 3 N–H and O–H groups in total. The van der Waals surface area contributed by atoms with Gasteiger partial charge >= 0.3 is 0 Å². The summed E-state index contributed by atoms with van der Waals surface area (Å²) in [6.07, 6.45) is 0. The first kappa shape index (κ1) is 19.8. The summed E-state index contributed by atoms with van der Waals surface area (Å²) in [5.74, 6) is -0.350. The Labute approximate surface area is 175 Å². The van der Waals surface area contributed by atoms with Crippen molar-refractivity contribution in [1.29, 1.82) is 0 Å². The lowest BCUT2D eigenvalue weighted by atomic mass is 10.2. The maximum absolute atomic E-state index is 12.8. The smallest absolute Gasteiger partial charge is 0.295 e. The van der Waals surface area contributed by atoms with E-state index in [0.29, 0.717) is 16.9 Å². The molecule has 1 aromatic heterocycles. The van der Waals surface area contributed by atoms with Crippen molar-refractivity contribution in [3.63, 3.8) is 0 Å². The molecule has 0 saturated heterocycles. The van der Waals surface area contributed by atoms with Crippen molar-refractivity contribution in [2.45, 2.75) is 6.92 Å². The lowest BCUT2D eigenvalue weighted by molar-refractivity contribution is 0.0944. The largest absolute Gasteiger partial charge is 0.325 e. The van der Waals surface area contributed by atoms with Gasteiger partial charge in [0.05, 0.1) is 11.4 Å². The molecule has 0 radical (unpaired) electrons. The molecule has 0 aliphatic heterocycles. The van der Waals surface area contributed by atoms with Crippen molar-refractivity contribution in [1.82, 2.24) is 20.2 Å². The Balaban J connectivity index is 1.73. The summed E-state index contributed by atoms with van der Waals surface area (Å²) in [5, 5.41) is 2.98. The number of anilines is 1. The van der Waals surface area contributed by atoms with Crippen LogP contribution in [0.5, 0.6) is 0 Å². The Morgan fingerprint density at radius 3 is 2.46 bits per heavy atom. The highest BCUT2D eigenvalue weighted by molar-refractivity contribution is 9.10. The predicted molar refractivity (Wildman–Crippen MR) is 117 cm³/mol. The van der Waals surface area contributed by atoms with Crippen LogP contribution in [-0.4, -0.2) is 20.4 Å². The minimum absolute atomic E-state index is 0.106. The Hall–Kier alpha value is -2.91. The number of hydrogen-bond acceptors (Lipinski definition) is 3. The number of halogens is 1. The molecule has 0 atom stereocenters. The van der Waals surface area contributed by atoms with Crippen molar-refractivity contribution in [2.24, 2.45) is 7.05 Å². The van der Waals surface area contributed by atoms with E-state index >= 15 is 0 Å². The number of nitrogens with one attached hydrogen (secondary N) is 3. The number of benzene rings is 2. The second-order valence-electron chi connectivity index (χ2n) is 5.98. The van der Waals surface area contributed by atoms with Crippen molar-refractivity contribution in [3.8, 4) is 5.69 Å². The number of thiocarbonyl (C=S) groups is 1. The first-order valence-corrected chi connectivity index (χ1v) is 9.55. The first-order chi connectivity index (χ1) is 13.4. The fraction of sp³-hybridized carbons (Fsp3) is 0.105. The van der Waals surface area contributed by atoms with Crippen molar-refractivity contribution >= 4 is 44.9 Å². The Kier molecular flexibility index (Phi) is 5.96. The highest BCUT2D eigenvalue weighted by atomic mass is 79.9. The lowest BCUT2D eigenvalue weighted by Crippen LogP contribution is -2.44. The quantitative estimate of drug-likeness (QED) is 0.414. The Morgan fingerprint density at radius 2 is 1.79 bits per heavy atom. The third-order valence-electron chi connectivity index (χ3n) is 4.17. The van der Waals surface area contributed by atoms with E-state index in [0.717, 1.165) is 10.2 Å². The number of hydrazine groups is 1. The van der Waals surface area contributed by atoms with E-state index in [9.17, 15) is 9.59 Å². The van der Waals surface area contributed by atoms with Crippen LogP contribution < -0.4 is 21.7 Å². The summed E-state index contributed by atoms with van der Waals surface area (Å²) >= 11 is 8.54. The van der Waals surface area contributed by atoms with Crippen molar-refractivity contribution < 1.29 is 4.79 Å². The molecule has 0 aliphatic rings. The molecular weight excluding hydrogens is 442 g/mol. The average molecular weight is 460 g/mol. The number of para-hydroxylation sites is 1. The van der Waals surface area contributed by atoms with E-state index in [-0.39, 0.29) is 16.6 Å². The topological polar surface area (TPSA) is 80.1 Å². The summed E-state index contributed by atoms with van der Waals surface area (Å²) in [5.41, 5.74) is 7.13. The van der Waals surface area contributed by atoms with E-state index in [1.165, 1.54) is 0 Å². The van der Waals surface area contributed by atoms with Crippen LogP contribution in [0.15, 0.2) is 63.9 Å². The van der Waals surface area contributed by atoms with Gasteiger partial charge in [0, 0.05) is 17.1 Å². The highest BCUT2D eigenvalue weighted by Gasteiger charge is 2.17. The number of carbonyl (C=O) groups is 1. The third kappa shape index (κ3) is 4.15. The van der Waals surface area contributed by atoms with Gasteiger partial charge in [0.2, 0.25) is 0 Å². The zero-order valence-electron chi connectivity index (χ0n) is 15.2. The SMILES string of the molecule is Cc1c(NC(=S)NNC(=O)c2cccc(Br)c2)c(=O)n(-c2ccccc2)n1C.